The minimum absolute atomic E-state index is 0.00762. The molecule has 0 amide bonds. The Kier molecular flexibility index (Phi) is 12.4. The monoisotopic (exact) mass is 851 g/mol. The number of alkyl halides is 3. The summed E-state index contributed by atoms with van der Waals surface area (Å²) in [7, 11) is -10.5. The number of nitrogens with one attached hydrogen (secondary N) is 2. The molecule has 0 saturated carbocycles. The molecule has 1 atom stereocenters. The maximum atomic E-state index is 13.9. The zero-order valence-corrected chi connectivity index (χ0v) is 34.1. The molecule has 0 radical (unpaired) electrons. The number of likely N-dealkylation sites (tertiary alicyclic amines) is 1. The number of hydrogen-bond acceptors (Lipinski definition) is 11. The van der Waals surface area contributed by atoms with E-state index >= 15 is 0 Å². The summed E-state index contributed by atoms with van der Waals surface area (Å²) in [4.78, 5) is 12.6. The zero-order valence-electron chi connectivity index (χ0n) is 31.7. The molecule has 0 aliphatic carbocycles. The highest BCUT2D eigenvalue weighted by Crippen LogP contribution is 2.37. The van der Waals surface area contributed by atoms with Gasteiger partial charge in [0, 0.05) is 53.6 Å². The fourth-order valence-corrected chi connectivity index (χ4v) is 10.4. The van der Waals surface area contributed by atoms with Crippen LogP contribution in [0.25, 0.3) is 11.1 Å². The van der Waals surface area contributed by atoms with Gasteiger partial charge < -0.3 is 11.1 Å². The molecule has 11 nitrogen and oxygen atoms in total. The van der Waals surface area contributed by atoms with Gasteiger partial charge >= 0.3 is 5.51 Å². The van der Waals surface area contributed by atoms with Crippen LogP contribution in [-0.4, -0.2) is 79.6 Å². The van der Waals surface area contributed by atoms with Crippen LogP contribution in [0.2, 0.25) is 0 Å². The number of nitrogens with two attached hydrogens (primary N) is 1. The third kappa shape index (κ3) is 9.44. The van der Waals surface area contributed by atoms with E-state index in [0.29, 0.717) is 48.6 Å². The number of anilines is 3. The zero-order chi connectivity index (χ0) is 41.1. The lowest BCUT2D eigenvalue weighted by atomic mass is 9.96. The quantitative estimate of drug-likeness (QED) is 0.0802. The van der Waals surface area contributed by atoms with Crippen LogP contribution in [0.15, 0.2) is 118 Å². The van der Waals surface area contributed by atoms with Crippen molar-refractivity contribution in [3.8, 4) is 11.1 Å². The second kappa shape index (κ2) is 17.3. The van der Waals surface area contributed by atoms with Gasteiger partial charge in [-0.3, -0.25) is 14.5 Å². The van der Waals surface area contributed by atoms with Crippen molar-refractivity contribution in [3.63, 3.8) is 0 Å². The predicted molar refractivity (Wildman–Crippen MR) is 221 cm³/mol. The van der Waals surface area contributed by atoms with Crippen molar-refractivity contribution in [2.75, 3.05) is 41.2 Å². The fourth-order valence-electron chi connectivity index (χ4n) is 7.43. The first-order valence-electron chi connectivity index (χ1n) is 18.8. The topological polar surface area (TPSA) is 151 Å². The lowest BCUT2D eigenvalue weighted by Gasteiger charge is -2.40. The van der Waals surface area contributed by atoms with Crippen molar-refractivity contribution in [2.45, 2.75) is 71.6 Å². The number of nitrogen functional groups attached to an aromatic ring is 1. The highest BCUT2D eigenvalue weighted by molar-refractivity contribution is 7.99. The Morgan fingerprint density at radius 3 is 2.33 bits per heavy atom. The van der Waals surface area contributed by atoms with Gasteiger partial charge in [-0.2, -0.15) is 13.2 Å². The van der Waals surface area contributed by atoms with Gasteiger partial charge in [0.25, 0.3) is 19.9 Å². The van der Waals surface area contributed by atoms with Crippen LogP contribution < -0.4 is 15.8 Å². The first-order chi connectivity index (χ1) is 27.7. The number of hydrogen-bond donors (Lipinski definition) is 3. The Hall–Kier alpha value is -4.68. The first kappa shape index (κ1) is 41.5. The van der Waals surface area contributed by atoms with Crippen LogP contribution in [0.1, 0.15) is 36.6 Å². The fraction of sp³-hybridized carbons (Fsp3) is 0.317. The van der Waals surface area contributed by atoms with Gasteiger partial charge in [-0.05, 0) is 98.4 Å². The van der Waals surface area contributed by atoms with Crippen LogP contribution in [0, 0.1) is 0 Å². The van der Waals surface area contributed by atoms with E-state index in [1.54, 1.807) is 6.92 Å². The Labute approximate surface area is 341 Å². The molecule has 5 aromatic rings. The normalized spacial score (nSPS) is 16.4. The number of aromatic nitrogens is 2. The molecule has 7 rings (SSSR count). The summed E-state index contributed by atoms with van der Waals surface area (Å²) in [5, 5.41) is 2.84. The molecule has 58 heavy (non-hydrogen) atoms. The van der Waals surface area contributed by atoms with E-state index < -0.39 is 41.2 Å². The highest BCUT2D eigenvalue weighted by Gasteiger charge is 2.48. The molecule has 2 aliphatic rings. The number of piperidine rings is 1. The van der Waals surface area contributed by atoms with Gasteiger partial charge in [0.15, 0.2) is 0 Å². The van der Waals surface area contributed by atoms with E-state index in [2.05, 4.69) is 48.0 Å². The number of halogens is 3. The summed E-state index contributed by atoms with van der Waals surface area (Å²) in [6.07, 6.45) is 3.59. The van der Waals surface area contributed by atoms with Gasteiger partial charge in [0.1, 0.15) is 17.0 Å². The second-order valence-electron chi connectivity index (χ2n) is 14.5. The van der Waals surface area contributed by atoms with E-state index in [1.807, 2.05) is 60.7 Å². The number of rotatable bonds is 13. The number of nitrogens with zero attached hydrogens (tertiary/aromatic N) is 4. The number of thioether (sulfide) groups is 1. The van der Waals surface area contributed by atoms with Crippen LogP contribution in [0.3, 0.4) is 0 Å². The first-order valence-corrected chi connectivity index (χ1v) is 22.8. The van der Waals surface area contributed by atoms with Crippen LogP contribution in [-0.2, 0) is 39.4 Å². The minimum Gasteiger partial charge on any atom is -0.399 e. The molecule has 1 fully saturated rings. The average molecular weight is 852 g/mol. The number of sulfonamides is 1. The van der Waals surface area contributed by atoms with Crippen LogP contribution >= 0.6 is 11.8 Å². The van der Waals surface area contributed by atoms with Crippen molar-refractivity contribution in [1.29, 1.82) is 0 Å². The van der Waals surface area contributed by atoms with Gasteiger partial charge in [-0.15, -0.1) is 11.8 Å². The molecule has 0 spiro atoms. The van der Waals surface area contributed by atoms with Gasteiger partial charge in [-0.1, -0.05) is 54.6 Å². The third-order valence-corrected chi connectivity index (χ3v) is 14.6. The second-order valence-corrected chi connectivity index (χ2v) is 19.2. The van der Waals surface area contributed by atoms with E-state index in [-0.39, 0.29) is 11.5 Å². The lowest BCUT2D eigenvalue weighted by molar-refractivity contribution is -0.0435. The Balaban J connectivity index is 1.02. The summed E-state index contributed by atoms with van der Waals surface area (Å²) in [5.41, 5.74) is 5.41. The largest absolute Gasteiger partial charge is 0.501 e. The smallest absolute Gasteiger partial charge is 0.399 e. The van der Waals surface area contributed by atoms with Crippen LogP contribution in [0.4, 0.5) is 30.4 Å². The van der Waals surface area contributed by atoms with Crippen molar-refractivity contribution in [2.24, 2.45) is 0 Å². The molecule has 4 N–H and O–H groups in total. The Morgan fingerprint density at radius 2 is 1.60 bits per heavy atom. The standard InChI is InChI=1S/C41H44F3N7O4S3/c1-28(26-56-33-8-3-2-4-9-33)48-37-16-15-34(23-39(37)57(52,53)41(42,43)44)58(54,55)49-40-36-19-22-51(25-38(36)46-27-47-40)32-17-20-50(21-18-32)24-30-7-5-6-10-35(30)29-11-13-31(45)14-12-29/h2-16,23,27-28,32,48H,17-22,24-26,45H2,1H3,(H,46,47,49)/t28-/m1/s1. The van der Waals surface area contributed by atoms with Crippen molar-refractivity contribution in [3.05, 3.63) is 120 Å². The van der Waals surface area contributed by atoms with Crippen molar-refractivity contribution < 1.29 is 30.0 Å². The lowest BCUT2D eigenvalue weighted by Crippen LogP contribution is -2.46. The molecular weight excluding hydrogens is 808 g/mol. The molecule has 3 heterocycles. The summed E-state index contributed by atoms with van der Waals surface area (Å²) in [6.45, 7) is 5.44. The number of sulfone groups is 1. The van der Waals surface area contributed by atoms with E-state index in [1.165, 1.54) is 29.2 Å². The van der Waals surface area contributed by atoms with Gasteiger partial charge in [0.05, 0.1) is 16.3 Å². The van der Waals surface area contributed by atoms with Crippen LogP contribution in [0.5, 0.6) is 0 Å². The third-order valence-electron chi connectivity index (χ3n) is 10.5. The number of benzene rings is 4. The average Bonchev–Trinajstić information content (AvgIpc) is 3.21. The molecule has 4 aromatic carbocycles. The van der Waals surface area contributed by atoms with E-state index in [4.69, 9.17) is 5.73 Å². The van der Waals surface area contributed by atoms with Gasteiger partial charge in [0.2, 0.25) is 0 Å². The molecule has 1 aromatic heterocycles. The summed E-state index contributed by atoms with van der Waals surface area (Å²) < 4.78 is 97.1. The maximum absolute atomic E-state index is 13.9. The molecule has 0 bridgehead atoms. The number of fused-ring (bicyclic) bond motifs is 1. The summed E-state index contributed by atoms with van der Waals surface area (Å²) >= 11 is 1.43. The van der Waals surface area contributed by atoms with Gasteiger partial charge in [-0.25, -0.2) is 26.8 Å². The SMILES string of the molecule is C[C@H](CSc1ccccc1)Nc1ccc(S(=O)(=O)Nc2ncnc3c2CCN(C2CCN(Cc4ccccc4-c4ccc(N)cc4)CC2)C3)cc1S(=O)(=O)C(F)(F)F. The highest BCUT2D eigenvalue weighted by atomic mass is 32.2. The van der Waals surface area contributed by atoms with E-state index in [0.717, 1.165) is 60.8 Å². The summed E-state index contributed by atoms with van der Waals surface area (Å²) in [5.74, 6) is 0.404. The molecule has 306 valence electrons. The van der Waals surface area contributed by atoms with E-state index in [9.17, 15) is 30.0 Å². The van der Waals surface area contributed by atoms with Crippen molar-refractivity contribution in [1.82, 2.24) is 19.8 Å². The molecule has 0 unspecified atom stereocenters. The molecular formula is C41H44F3N7O4S3. The molecule has 2 aliphatic heterocycles. The summed E-state index contributed by atoms with van der Waals surface area (Å²) in [6, 6.07) is 28.1. The van der Waals surface area contributed by atoms with Crippen molar-refractivity contribution >= 4 is 48.8 Å². The molecule has 1 saturated heterocycles. The Bertz CT molecular complexity index is 2450. The minimum atomic E-state index is -5.94. The predicted octanol–water partition coefficient (Wildman–Crippen LogP) is 7.44. The maximum Gasteiger partial charge on any atom is 0.501 e. The molecule has 17 heteroatoms. The Morgan fingerprint density at radius 1 is 0.897 bits per heavy atom.